The molecule has 1 fully saturated rings. The lowest BCUT2D eigenvalue weighted by Gasteiger charge is -2.22. The van der Waals surface area contributed by atoms with Crippen molar-refractivity contribution < 1.29 is 28.0 Å². The summed E-state index contributed by atoms with van der Waals surface area (Å²) in [6, 6.07) is 5.69. The summed E-state index contributed by atoms with van der Waals surface area (Å²) in [5.74, 6) is 0.296. The number of phosphoric ester groups is 1. The van der Waals surface area contributed by atoms with Crippen LogP contribution in [0, 0.1) is 11.3 Å². The molecule has 0 radical (unpaired) electrons. The van der Waals surface area contributed by atoms with Crippen LogP contribution < -0.4 is 5.73 Å². The van der Waals surface area contributed by atoms with Crippen molar-refractivity contribution >= 4 is 19.2 Å². The molecule has 0 aliphatic carbocycles. The topological polar surface area (TPSA) is 154 Å². The van der Waals surface area contributed by atoms with E-state index in [0.29, 0.717) is 36.5 Å². The predicted octanol–water partition coefficient (Wildman–Crippen LogP) is 7.23. The van der Waals surface area contributed by atoms with Crippen molar-refractivity contribution in [2.75, 3.05) is 32.2 Å². The monoisotopic (exact) mass is 621 g/mol. The summed E-state index contributed by atoms with van der Waals surface area (Å²) in [5, 5.41) is 14.1. The van der Waals surface area contributed by atoms with E-state index in [1.165, 1.54) is 94.3 Å². The minimum Gasteiger partial charge on any atom is -0.382 e. The molecule has 2 aromatic heterocycles. The van der Waals surface area contributed by atoms with Gasteiger partial charge in [0, 0.05) is 6.61 Å². The molecular formula is C31H52N5O6P. The number of unbranched alkanes of at least 4 members (excludes halogenated alkanes) is 14. The van der Waals surface area contributed by atoms with Crippen LogP contribution in [0.3, 0.4) is 0 Å². The first-order chi connectivity index (χ1) is 20.9. The van der Waals surface area contributed by atoms with E-state index in [0.717, 1.165) is 12.8 Å². The summed E-state index contributed by atoms with van der Waals surface area (Å²) in [7, 11) is -4.28. The Morgan fingerprint density at radius 1 is 1.00 bits per heavy atom. The van der Waals surface area contributed by atoms with Gasteiger partial charge in [0.25, 0.3) is 0 Å². The second-order valence-corrected chi connectivity index (χ2v) is 13.0. The summed E-state index contributed by atoms with van der Waals surface area (Å²) in [6.45, 7) is 2.86. The van der Waals surface area contributed by atoms with Crippen molar-refractivity contribution in [1.29, 1.82) is 5.26 Å². The maximum Gasteiger partial charge on any atom is 0.472 e. The number of fused-ring (bicyclic) bond motifs is 1. The number of nitrogens with two attached hydrogens (primary N) is 1. The van der Waals surface area contributed by atoms with E-state index >= 15 is 0 Å². The van der Waals surface area contributed by atoms with E-state index in [4.69, 9.17) is 24.3 Å². The van der Waals surface area contributed by atoms with Crippen molar-refractivity contribution in [3.8, 4) is 6.07 Å². The van der Waals surface area contributed by atoms with Gasteiger partial charge in [-0.2, -0.15) is 10.4 Å². The Morgan fingerprint density at radius 3 is 2.26 bits per heavy atom. The number of phosphoric acid groups is 1. The lowest BCUT2D eigenvalue weighted by molar-refractivity contribution is -0.0342. The molecule has 0 saturated carbocycles. The number of nitriles is 1. The van der Waals surface area contributed by atoms with Crippen molar-refractivity contribution in [3.05, 3.63) is 24.2 Å². The van der Waals surface area contributed by atoms with E-state index in [1.807, 2.05) is 0 Å². The van der Waals surface area contributed by atoms with Crippen molar-refractivity contribution in [2.24, 2.45) is 0 Å². The molecule has 3 atom stereocenters. The molecule has 242 valence electrons. The number of anilines is 1. The Bertz CT molecular complexity index is 1160. The zero-order valence-corrected chi connectivity index (χ0v) is 26.9. The zero-order chi connectivity index (χ0) is 30.8. The Hall–Kier alpha value is -2.06. The van der Waals surface area contributed by atoms with Crippen molar-refractivity contribution in [2.45, 2.75) is 128 Å². The third-order valence-electron chi connectivity index (χ3n) is 8.06. The molecule has 1 aliphatic rings. The van der Waals surface area contributed by atoms with Crippen LogP contribution >= 0.6 is 7.82 Å². The van der Waals surface area contributed by atoms with Gasteiger partial charge in [-0.25, -0.2) is 14.1 Å². The number of aromatic nitrogens is 3. The average Bonchev–Trinajstić information content (AvgIpc) is 3.63. The Kier molecular flexibility index (Phi) is 15.9. The summed E-state index contributed by atoms with van der Waals surface area (Å²) < 4.78 is 35.6. The maximum atomic E-state index is 12.3. The number of nitrogen functional groups attached to an aromatic ring is 1. The first-order valence-electron chi connectivity index (χ1n) is 16.3. The molecule has 12 heteroatoms. The second-order valence-electron chi connectivity index (χ2n) is 11.5. The van der Waals surface area contributed by atoms with Gasteiger partial charge < -0.3 is 20.1 Å². The first-order valence-corrected chi connectivity index (χ1v) is 17.8. The number of nitrogens with zero attached hydrogens (tertiary/aromatic N) is 4. The number of rotatable bonds is 24. The lowest BCUT2D eigenvalue weighted by Crippen LogP contribution is -2.28. The highest BCUT2D eigenvalue weighted by molar-refractivity contribution is 7.47. The Labute approximate surface area is 257 Å². The Morgan fingerprint density at radius 2 is 1.63 bits per heavy atom. The van der Waals surface area contributed by atoms with E-state index in [2.05, 4.69) is 23.1 Å². The summed E-state index contributed by atoms with van der Waals surface area (Å²) in [5.41, 5.74) is 5.73. The highest BCUT2D eigenvalue weighted by atomic mass is 31.2. The molecule has 0 aromatic carbocycles. The highest BCUT2D eigenvalue weighted by Gasteiger charge is 2.45. The van der Waals surface area contributed by atoms with Gasteiger partial charge in [0.1, 0.15) is 17.9 Å². The fourth-order valence-electron chi connectivity index (χ4n) is 5.57. The van der Waals surface area contributed by atoms with E-state index in [9.17, 15) is 14.7 Å². The van der Waals surface area contributed by atoms with Gasteiger partial charge in [-0.15, -0.1) is 0 Å². The van der Waals surface area contributed by atoms with E-state index in [-0.39, 0.29) is 19.8 Å². The van der Waals surface area contributed by atoms with E-state index in [1.54, 1.807) is 12.1 Å². The van der Waals surface area contributed by atoms with Crippen LogP contribution in [-0.4, -0.2) is 52.0 Å². The molecule has 1 saturated heterocycles. The standard InChI is InChI=1S/C31H52N5O6P/c1-2-3-4-5-6-7-8-9-10-11-12-13-14-15-16-21-39-22-23-40-43(37,38)41-24-27-19-20-31(25-32,42-27)29-18-17-28-30(33)34-26-35-36(28)29/h17-18,26-27H,2-16,19-24H2,1H3,(H,37,38)(H2,33,34,35). The molecule has 3 heterocycles. The van der Waals surface area contributed by atoms with Crippen LogP contribution in [0.25, 0.3) is 5.52 Å². The molecule has 1 aliphatic heterocycles. The van der Waals surface area contributed by atoms with Gasteiger partial charge in [0.15, 0.2) is 11.4 Å². The van der Waals surface area contributed by atoms with Crippen molar-refractivity contribution in [1.82, 2.24) is 14.6 Å². The summed E-state index contributed by atoms with van der Waals surface area (Å²) >= 11 is 0. The molecule has 0 spiro atoms. The quantitative estimate of drug-likeness (QED) is 0.0906. The number of ether oxygens (including phenoxy) is 2. The number of hydrogen-bond donors (Lipinski definition) is 2. The fraction of sp³-hybridized carbons (Fsp3) is 0.774. The minimum absolute atomic E-state index is 0.0442. The smallest absolute Gasteiger partial charge is 0.382 e. The lowest BCUT2D eigenvalue weighted by atomic mass is 9.98. The molecule has 43 heavy (non-hydrogen) atoms. The van der Waals surface area contributed by atoms with Crippen LogP contribution in [0.2, 0.25) is 0 Å². The summed E-state index contributed by atoms with van der Waals surface area (Å²) in [6.07, 6.45) is 21.3. The first kappa shape index (κ1) is 35.4. The van der Waals surface area contributed by atoms with Gasteiger partial charge in [0.05, 0.1) is 31.6 Å². The third kappa shape index (κ3) is 12.1. The molecule has 2 aromatic rings. The second kappa shape index (κ2) is 19.4. The van der Waals surface area contributed by atoms with Gasteiger partial charge >= 0.3 is 7.82 Å². The molecule has 0 bridgehead atoms. The largest absolute Gasteiger partial charge is 0.472 e. The van der Waals surface area contributed by atoms with Gasteiger partial charge in [-0.3, -0.25) is 9.05 Å². The van der Waals surface area contributed by atoms with Crippen LogP contribution in [0.1, 0.15) is 122 Å². The van der Waals surface area contributed by atoms with Gasteiger partial charge in [0.2, 0.25) is 0 Å². The predicted molar refractivity (Wildman–Crippen MR) is 166 cm³/mol. The molecule has 3 N–H and O–H groups in total. The van der Waals surface area contributed by atoms with Gasteiger partial charge in [-0.1, -0.05) is 96.8 Å². The minimum atomic E-state index is -4.28. The van der Waals surface area contributed by atoms with Crippen LogP contribution in [0.5, 0.6) is 0 Å². The Balaban J connectivity index is 1.17. The SMILES string of the molecule is CCCCCCCCCCCCCCCCCOCCOP(=O)(O)OCC1CCC(C#N)(c2ccc3c(N)ncnn23)O1. The van der Waals surface area contributed by atoms with Gasteiger partial charge in [-0.05, 0) is 31.4 Å². The van der Waals surface area contributed by atoms with Crippen LogP contribution in [0.4, 0.5) is 5.82 Å². The number of hydrogen-bond acceptors (Lipinski definition) is 9. The molecule has 3 unspecified atom stereocenters. The zero-order valence-electron chi connectivity index (χ0n) is 26.0. The average molecular weight is 622 g/mol. The molecule has 3 rings (SSSR count). The third-order valence-corrected chi connectivity index (χ3v) is 9.04. The molecule has 0 amide bonds. The summed E-state index contributed by atoms with van der Waals surface area (Å²) in [4.78, 5) is 14.0. The van der Waals surface area contributed by atoms with Crippen LogP contribution in [0.15, 0.2) is 18.5 Å². The van der Waals surface area contributed by atoms with Crippen molar-refractivity contribution in [3.63, 3.8) is 0 Å². The molecule has 11 nitrogen and oxygen atoms in total. The van der Waals surface area contributed by atoms with E-state index < -0.39 is 19.5 Å². The fourth-order valence-corrected chi connectivity index (χ4v) is 6.31. The normalized spacial score (nSPS) is 20.0. The maximum absolute atomic E-state index is 12.3. The molecular weight excluding hydrogens is 569 g/mol. The highest BCUT2D eigenvalue weighted by Crippen LogP contribution is 2.45. The van der Waals surface area contributed by atoms with Crippen LogP contribution in [-0.2, 0) is 28.7 Å².